The van der Waals surface area contributed by atoms with Crippen LogP contribution in [0.3, 0.4) is 0 Å². The van der Waals surface area contributed by atoms with Crippen LogP contribution in [-0.4, -0.2) is 29.1 Å². The summed E-state index contributed by atoms with van der Waals surface area (Å²) >= 11 is 0. The molecule has 1 saturated carbocycles. The Hall–Kier alpha value is -2.15. The van der Waals surface area contributed by atoms with Gasteiger partial charge in [-0.25, -0.2) is 0 Å². The number of rotatable bonds is 6. The Labute approximate surface area is 149 Å². The van der Waals surface area contributed by atoms with E-state index < -0.39 is 0 Å². The van der Waals surface area contributed by atoms with E-state index in [0.29, 0.717) is 37.1 Å². The Balaban J connectivity index is 1.40. The number of terminal acetylenes is 1. The number of hydrogen-bond acceptors (Lipinski definition) is 3. The van der Waals surface area contributed by atoms with Gasteiger partial charge in [0, 0.05) is 44.2 Å². The minimum atomic E-state index is -0.352. The summed E-state index contributed by atoms with van der Waals surface area (Å²) in [6, 6.07) is 11.1. The van der Waals surface area contributed by atoms with E-state index in [1.54, 1.807) is 0 Å². The number of nitrogens with zero attached hydrogens (tertiary/aromatic N) is 3. The van der Waals surface area contributed by atoms with Crippen LogP contribution >= 0.6 is 0 Å². The molecule has 2 aliphatic heterocycles. The molecule has 4 heteroatoms. The average molecular weight is 335 g/mol. The van der Waals surface area contributed by atoms with Crippen molar-refractivity contribution in [3.05, 3.63) is 35.9 Å². The standard InChI is InChI=1S/C21H25N3O/c1-2-3-13-21(22-23-21)14-12-20(25)24-15-18(16-8-5-4-6-9-16)17-10-7-11-19(17)24/h1,4-6,8-9,17-19H,3,7,10-15H2. The van der Waals surface area contributed by atoms with Crippen LogP contribution in [0, 0.1) is 18.3 Å². The van der Waals surface area contributed by atoms with E-state index in [9.17, 15) is 4.79 Å². The summed E-state index contributed by atoms with van der Waals surface area (Å²) in [4.78, 5) is 15.1. The summed E-state index contributed by atoms with van der Waals surface area (Å²) in [5.41, 5.74) is 1.03. The van der Waals surface area contributed by atoms with Crippen molar-refractivity contribution in [2.24, 2.45) is 16.1 Å². The molecule has 1 aromatic rings. The zero-order valence-electron chi connectivity index (χ0n) is 14.6. The van der Waals surface area contributed by atoms with E-state index in [0.717, 1.165) is 19.4 Å². The van der Waals surface area contributed by atoms with Gasteiger partial charge in [-0.1, -0.05) is 36.8 Å². The van der Waals surface area contributed by atoms with Crippen molar-refractivity contribution in [3.8, 4) is 12.3 Å². The van der Waals surface area contributed by atoms with E-state index in [1.165, 1.54) is 18.4 Å². The van der Waals surface area contributed by atoms with E-state index in [4.69, 9.17) is 6.42 Å². The molecule has 0 spiro atoms. The lowest BCUT2D eigenvalue weighted by molar-refractivity contribution is -0.132. The highest BCUT2D eigenvalue weighted by Gasteiger charge is 2.47. The Bertz CT molecular complexity index is 700. The van der Waals surface area contributed by atoms with Crippen LogP contribution in [0.1, 0.15) is 56.4 Å². The molecule has 0 bridgehead atoms. The van der Waals surface area contributed by atoms with Crippen molar-refractivity contribution in [3.63, 3.8) is 0 Å². The maximum Gasteiger partial charge on any atom is 0.223 e. The lowest BCUT2D eigenvalue weighted by atomic mass is 9.87. The Morgan fingerprint density at radius 3 is 2.76 bits per heavy atom. The van der Waals surface area contributed by atoms with Gasteiger partial charge in [0.25, 0.3) is 0 Å². The van der Waals surface area contributed by atoms with Gasteiger partial charge in [0.1, 0.15) is 0 Å². The highest BCUT2D eigenvalue weighted by atomic mass is 16.2. The fourth-order valence-corrected chi connectivity index (χ4v) is 4.77. The number of carbonyl (C=O) groups is 1. The van der Waals surface area contributed by atoms with E-state index in [-0.39, 0.29) is 11.6 Å². The van der Waals surface area contributed by atoms with Crippen molar-refractivity contribution >= 4 is 5.91 Å². The van der Waals surface area contributed by atoms with Gasteiger partial charge in [0.05, 0.1) is 0 Å². The molecule has 2 fully saturated rings. The SMILES string of the molecule is C#CCCC1(CCC(=O)N2CC(c3ccccc3)C3CCCC32)N=N1. The second kappa shape index (κ2) is 6.63. The van der Waals surface area contributed by atoms with Crippen LogP contribution < -0.4 is 0 Å². The monoisotopic (exact) mass is 335 g/mol. The molecular formula is C21H25N3O. The third-order valence-corrected chi connectivity index (χ3v) is 6.18. The minimum Gasteiger partial charge on any atom is -0.339 e. The van der Waals surface area contributed by atoms with E-state index in [2.05, 4.69) is 51.4 Å². The zero-order chi connectivity index (χ0) is 17.3. The molecule has 3 aliphatic rings. The maximum atomic E-state index is 12.9. The fourth-order valence-electron chi connectivity index (χ4n) is 4.77. The minimum absolute atomic E-state index is 0.271. The Morgan fingerprint density at radius 2 is 2.04 bits per heavy atom. The molecule has 0 N–H and O–H groups in total. The lowest BCUT2D eigenvalue weighted by Crippen LogP contribution is -2.36. The van der Waals surface area contributed by atoms with Crippen LogP contribution in [0.15, 0.2) is 40.6 Å². The number of hydrogen-bond donors (Lipinski definition) is 0. The lowest BCUT2D eigenvalue weighted by Gasteiger charge is -2.24. The normalized spacial score (nSPS) is 28.6. The number of likely N-dealkylation sites (tertiary alicyclic amines) is 1. The summed E-state index contributed by atoms with van der Waals surface area (Å²) in [7, 11) is 0. The summed E-state index contributed by atoms with van der Waals surface area (Å²) in [5.74, 6) is 4.03. The van der Waals surface area contributed by atoms with Gasteiger partial charge < -0.3 is 4.90 Å². The molecule has 130 valence electrons. The van der Waals surface area contributed by atoms with Gasteiger partial charge in [0.15, 0.2) is 5.66 Å². The molecule has 2 heterocycles. The molecule has 0 aromatic heterocycles. The third-order valence-electron chi connectivity index (χ3n) is 6.18. The molecule has 3 unspecified atom stereocenters. The number of benzene rings is 1. The first-order valence-corrected chi connectivity index (χ1v) is 9.44. The van der Waals surface area contributed by atoms with Crippen LogP contribution in [-0.2, 0) is 4.79 Å². The van der Waals surface area contributed by atoms with Gasteiger partial charge in [-0.05, 0) is 24.3 Å². The molecule has 25 heavy (non-hydrogen) atoms. The second-order valence-corrected chi connectivity index (χ2v) is 7.61. The number of carbonyl (C=O) groups excluding carboxylic acids is 1. The topological polar surface area (TPSA) is 45.0 Å². The predicted molar refractivity (Wildman–Crippen MR) is 96.9 cm³/mol. The molecule has 1 aliphatic carbocycles. The summed E-state index contributed by atoms with van der Waals surface area (Å²) in [6.45, 7) is 0.865. The molecule has 4 nitrogen and oxygen atoms in total. The first-order chi connectivity index (χ1) is 12.2. The molecule has 1 amide bonds. The summed E-state index contributed by atoms with van der Waals surface area (Å²) in [5, 5.41) is 8.32. The zero-order valence-corrected chi connectivity index (χ0v) is 14.6. The quantitative estimate of drug-likeness (QED) is 0.721. The highest BCUT2D eigenvalue weighted by Crippen LogP contribution is 2.47. The van der Waals surface area contributed by atoms with Crippen molar-refractivity contribution < 1.29 is 4.79 Å². The molecular weight excluding hydrogens is 310 g/mol. The Kier molecular flexibility index (Phi) is 4.33. The molecule has 3 atom stereocenters. The average Bonchev–Trinajstić information content (AvgIpc) is 3.08. The van der Waals surface area contributed by atoms with Crippen molar-refractivity contribution in [2.45, 2.75) is 62.6 Å². The highest BCUT2D eigenvalue weighted by molar-refractivity contribution is 5.77. The fraction of sp³-hybridized carbons (Fsp3) is 0.571. The maximum absolute atomic E-state index is 12.9. The number of amides is 1. The first-order valence-electron chi connectivity index (χ1n) is 9.44. The summed E-state index contributed by atoms with van der Waals surface area (Å²) < 4.78 is 0. The van der Waals surface area contributed by atoms with Gasteiger partial charge in [-0.15, -0.1) is 12.3 Å². The van der Waals surface area contributed by atoms with Gasteiger partial charge in [-0.2, -0.15) is 10.2 Å². The third kappa shape index (κ3) is 3.20. The van der Waals surface area contributed by atoms with Crippen molar-refractivity contribution in [1.82, 2.24) is 4.90 Å². The predicted octanol–water partition coefficient (Wildman–Crippen LogP) is 4.14. The van der Waals surface area contributed by atoms with Crippen LogP contribution in [0.5, 0.6) is 0 Å². The Morgan fingerprint density at radius 1 is 1.24 bits per heavy atom. The largest absolute Gasteiger partial charge is 0.339 e. The van der Waals surface area contributed by atoms with Gasteiger partial charge >= 0.3 is 0 Å². The van der Waals surface area contributed by atoms with Crippen LogP contribution in [0.4, 0.5) is 0 Å². The molecule has 1 aromatic carbocycles. The number of fused-ring (bicyclic) bond motifs is 1. The second-order valence-electron chi connectivity index (χ2n) is 7.61. The van der Waals surface area contributed by atoms with E-state index in [1.807, 2.05) is 0 Å². The van der Waals surface area contributed by atoms with Crippen LogP contribution in [0.25, 0.3) is 0 Å². The summed E-state index contributed by atoms with van der Waals surface area (Å²) in [6.07, 6.45) is 11.6. The van der Waals surface area contributed by atoms with E-state index >= 15 is 0 Å². The smallest absolute Gasteiger partial charge is 0.223 e. The van der Waals surface area contributed by atoms with Gasteiger partial charge in [0.2, 0.25) is 5.91 Å². The van der Waals surface area contributed by atoms with Gasteiger partial charge in [-0.3, -0.25) is 4.79 Å². The van der Waals surface area contributed by atoms with Crippen molar-refractivity contribution in [2.75, 3.05) is 6.54 Å². The van der Waals surface area contributed by atoms with Crippen LogP contribution in [0.2, 0.25) is 0 Å². The van der Waals surface area contributed by atoms with Crippen molar-refractivity contribution in [1.29, 1.82) is 0 Å². The molecule has 0 radical (unpaired) electrons. The first kappa shape index (κ1) is 16.3. The molecule has 1 saturated heterocycles. The molecule has 4 rings (SSSR count).